The first-order valence-electron chi connectivity index (χ1n) is 7.71. The maximum atomic E-state index is 11.2. The number of carbonyl (C=O) groups is 1. The van der Waals surface area contributed by atoms with Gasteiger partial charge in [-0.1, -0.05) is 50.1 Å². The zero-order valence-electron chi connectivity index (χ0n) is 12.9. The van der Waals surface area contributed by atoms with Crippen LogP contribution in [0.4, 0.5) is 0 Å². The highest BCUT2D eigenvalue weighted by molar-refractivity contribution is 5.73. The van der Waals surface area contributed by atoms with E-state index in [9.17, 15) is 9.90 Å². The Hall–Kier alpha value is -2.14. The zero-order valence-corrected chi connectivity index (χ0v) is 12.9. The van der Waals surface area contributed by atoms with E-state index in [1.165, 1.54) is 5.56 Å². The lowest BCUT2D eigenvalue weighted by Crippen LogP contribution is -2.36. The van der Waals surface area contributed by atoms with Gasteiger partial charge in [-0.25, -0.2) is 0 Å². The van der Waals surface area contributed by atoms with Crippen LogP contribution in [0.3, 0.4) is 0 Å². The predicted molar refractivity (Wildman–Crippen MR) is 85.6 cm³/mol. The van der Waals surface area contributed by atoms with Crippen LogP contribution in [0.1, 0.15) is 37.4 Å². The molecule has 2 N–H and O–H groups in total. The topological polar surface area (TPSA) is 67.2 Å². The van der Waals surface area contributed by atoms with E-state index in [1.807, 2.05) is 35.1 Å². The lowest BCUT2D eigenvalue weighted by atomic mass is 10.1. The summed E-state index contributed by atoms with van der Waals surface area (Å²) in [6, 6.07) is 11.5. The molecule has 1 atom stereocenters. The van der Waals surface area contributed by atoms with Gasteiger partial charge in [0.1, 0.15) is 6.04 Å². The van der Waals surface area contributed by atoms with Crippen LogP contribution in [0.5, 0.6) is 0 Å². The highest BCUT2D eigenvalue weighted by Gasteiger charge is 2.16. The Kier molecular flexibility index (Phi) is 6.15. The molecule has 0 amide bonds. The minimum atomic E-state index is -0.794. The van der Waals surface area contributed by atoms with E-state index < -0.39 is 12.0 Å². The lowest BCUT2D eigenvalue weighted by molar-refractivity contribution is -0.139. The van der Waals surface area contributed by atoms with Gasteiger partial charge >= 0.3 is 5.97 Å². The van der Waals surface area contributed by atoms with Gasteiger partial charge in [-0.2, -0.15) is 5.10 Å². The molecule has 1 aromatic heterocycles. The second kappa shape index (κ2) is 8.34. The summed E-state index contributed by atoms with van der Waals surface area (Å²) in [5, 5.41) is 16.7. The first-order valence-corrected chi connectivity index (χ1v) is 7.71. The number of unbranched alkanes of at least 4 members (excludes halogenated alkanes) is 1. The molecule has 118 valence electrons. The highest BCUT2D eigenvalue weighted by Crippen LogP contribution is 2.05. The Morgan fingerprint density at radius 1 is 1.32 bits per heavy atom. The number of carboxylic acids is 1. The molecule has 2 rings (SSSR count). The highest BCUT2D eigenvalue weighted by atomic mass is 16.4. The molecule has 0 saturated heterocycles. The number of hydrogen-bond donors (Lipinski definition) is 2. The number of benzene rings is 1. The maximum Gasteiger partial charge on any atom is 0.320 e. The average Bonchev–Trinajstić information content (AvgIpc) is 2.95. The van der Waals surface area contributed by atoms with Crippen LogP contribution in [0.15, 0.2) is 42.6 Å². The number of aliphatic carboxylic acids is 1. The second-order valence-corrected chi connectivity index (χ2v) is 5.40. The van der Waals surface area contributed by atoms with Gasteiger partial charge in [0.25, 0.3) is 0 Å². The number of aromatic nitrogens is 2. The van der Waals surface area contributed by atoms with Crippen LogP contribution in [-0.4, -0.2) is 26.9 Å². The molecular formula is C17H23N3O2. The third kappa shape index (κ3) is 5.00. The number of nitrogens with zero attached hydrogens (tertiary/aromatic N) is 2. The number of hydrogen-bond acceptors (Lipinski definition) is 3. The summed E-state index contributed by atoms with van der Waals surface area (Å²) < 4.78 is 1.87. The Bertz CT molecular complexity index is 581. The monoisotopic (exact) mass is 301 g/mol. The molecule has 0 spiro atoms. The fraction of sp³-hybridized carbons (Fsp3) is 0.412. The van der Waals surface area contributed by atoms with E-state index in [2.05, 4.69) is 29.5 Å². The smallest absolute Gasteiger partial charge is 0.320 e. The molecule has 1 aromatic carbocycles. The normalized spacial score (nSPS) is 12.2. The molecule has 1 unspecified atom stereocenters. The molecule has 0 bridgehead atoms. The Morgan fingerprint density at radius 3 is 2.77 bits per heavy atom. The summed E-state index contributed by atoms with van der Waals surface area (Å²) in [5.41, 5.74) is 2.05. The van der Waals surface area contributed by atoms with E-state index in [-0.39, 0.29) is 0 Å². The number of nitrogens with one attached hydrogen (secondary N) is 1. The summed E-state index contributed by atoms with van der Waals surface area (Å²) in [7, 11) is 0. The summed E-state index contributed by atoms with van der Waals surface area (Å²) in [5.74, 6) is -0.794. The van der Waals surface area contributed by atoms with E-state index in [4.69, 9.17) is 0 Å². The fourth-order valence-electron chi connectivity index (χ4n) is 2.31. The summed E-state index contributed by atoms with van der Waals surface area (Å²) in [6.07, 6.45) is 4.48. The van der Waals surface area contributed by atoms with Gasteiger partial charge in [0.05, 0.1) is 12.2 Å². The second-order valence-electron chi connectivity index (χ2n) is 5.40. The van der Waals surface area contributed by atoms with Crippen molar-refractivity contribution in [3.8, 4) is 0 Å². The van der Waals surface area contributed by atoms with Crippen molar-refractivity contribution in [3.05, 3.63) is 53.9 Å². The number of rotatable bonds is 9. The van der Waals surface area contributed by atoms with Gasteiger partial charge in [0.2, 0.25) is 0 Å². The van der Waals surface area contributed by atoms with E-state index in [0.29, 0.717) is 13.0 Å². The molecule has 22 heavy (non-hydrogen) atoms. The minimum Gasteiger partial charge on any atom is -0.480 e. The SMILES string of the molecule is CCCCC(NCc1ccn(Cc2ccccc2)n1)C(=O)O. The molecule has 0 fully saturated rings. The van der Waals surface area contributed by atoms with Crippen LogP contribution < -0.4 is 5.32 Å². The largest absolute Gasteiger partial charge is 0.480 e. The van der Waals surface area contributed by atoms with Crippen molar-refractivity contribution < 1.29 is 9.90 Å². The van der Waals surface area contributed by atoms with E-state index in [0.717, 1.165) is 25.1 Å². The fourth-order valence-corrected chi connectivity index (χ4v) is 2.31. The minimum absolute atomic E-state index is 0.475. The first-order chi connectivity index (χ1) is 10.7. The van der Waals surface area contributed by atoms with Crippen LogP contribution in [-0.2, 0) is 17.9 Å². The van der Waals surface area contributed by atoms with Gasteiger partial charge in [0, 0.05) is 12.7 Å². The zero-order chi connectivity index (χ0) is 15.8. The van der Waals surface area contributed by atoms with Gasteiger partial charge in [-0.15, -0.1) is 0 Å². The predicted octanol–water partition coefficient (Wildman–Crippen LogP) is 2.66. The molecule has 0 aliphatic carbocycles. The summed E-state index contributed by atoms with van der Waals surface area (Å²) in [4.78, 5) is 11.2. The van der Waals surface area contributed by atoms with E-state index in [1.54, 1.807) is 0 Å². The summed E-state index contributed by atoms with van der Waals surface area (Å²) >= 11 is 0. The van der Waals surface area contributed by atoms with Crippen LogP contribution in [0.2, 0.25) is 0 Å². The Labute approximate surface area is 131 Å². The van der Waals surface area contributed by atoms with Crippen molar-refractivity contribution >= 4 is 5.97 Å². The van der Waals surface area contributed by atoms with Gasteiger partial charge in [-0.05, 0) is 18.1 Å². The van der Waals surface area contributed by atoms with E-state index >= 15 is 0 Å². The van der Waals surface area contributed by atoms with Crippen LogP contribution in [0.25, 0.3) is 0 Å². The third-order valence-corrected chi connectivity index (χ3v) is 3.56. The standard InChI is InChI=1S/C17H23N3O2/c1-2-3-9-16(17(21)22)18-12-15-10-11-20(19-15)13-14-7-5-4-6-8-14/h4-8,10-11,16,18H,2-3,9,12-13H2,1H3,(H,21,22). The molecule has 0 aliphatic heterocycles. The molecule has 1 heterocycles. The maximum absolute atomic E-state index is 11.2. The molecular weight excluding hydrogens is 278 g/mol. The van der Waals surface area contributed by atoms with Gasteiger partial charge in [0.15, 0.2) is 0 Å². The average molecular weight is 301 g/mol. The van der Waals surface area contributed by atoms with Crippen LogP contribution in [0, 0.1) is 0 Å². The summed E-state index contributed by atoms with van der Waals surface area (Å²) in [6.45, 7) is 3.26. The molecule has 5 nitrogen and oxygen atoms in total. The van der Waals surface area contributed by atoms with Crippen molar-refractivity contribution in [2.45, 2.75) is 45.3 Å². The quantitative estimate of drug-likeness (QED) is 0.747. The van der Waals surface area contributed by atoms with Crippen molar-refractivity contribution in [1.29, 1.82) is 0 Å². The van der Waals surface area contributed by atoms with Crippen molar-refractivity contribution in [2.75, 3.05) is 0 Å². The van der Waals surface area contributed by atoms with Gasteiger partial charge < -0.3 is 5.11 Å². The molecule has 0 aliphatic rings. The van der Waals surface area contributed by atoms with Crippen molar-refractivity contribution in [1.82, 2.24) is 15.1 Å². The van der Waals surface area contributed by atoms with Crippen molar-refractivity contribution in [3.63, 3.8) is 0 Å². The molecule has 2 aromatic rings. The molecule has 5 heteroatoms. The first kappa shape index (κ1) is 16.2. The third-order valence-electron chi connectivity index (χ3n) is 3.56. The molecule has 0 saturated carbocycles. The van der Waals surface area contributed by atoms with Crippen LogP contribution >= 0.6 is 0 Å². The van der Waals surface area contributed by atoms with Crippen molar-refractivity contribution in [2.24, 2.45) is 0 Å². The van der Waals surface area contributed by atoms with Gasteiger partial charge in [-0.3, -0.25) is 14.8 Å². The molecule has 0 radical (unpaired) electrons. The Morgan fingerprint density at radius 2 is 2.09 bits per heavy atom. The Balaban J connectivity index is 1.87. The number of carboxylic acid groups (broad SMARTS) is 1. The lowest BCUT2D eigenvalue weighted by Gasteiger charge is -2.12.